The zero-order valence-electron chi connectivity index (χ0n) is 12.4. The zero-order valence-corrected chi connectivity index (χ0v) is 12.4. The van der Waals surface area contributed by atoms with Crippen LogP contribution in [0.1, 0.15) is 31.2 Å². The number of amides is 1. The lowest BCUT2D eigenvalue weighted by molar-refractivity contribution is -0.134. The van der Waals surface area contributed by atoms with Crippen molar-refractivity contribution in [1.82, 2.24) is 4.90 Å². The Labute approximate surface area is 126 Å². The summed E-state index contributed by atoms with van der Waals surface area (Å²) in [6.45, 7) is 1.73. The quantitative estimate of drug-likeness (QED) is 0.771. The maximum Gasteiger partial charge on any atom is 0.240 e. The molecule has 0 aromatic heterocycles. The van der Waals surface area contributed by atoms with Gasteiger partial charge in [0.2, 0.25) is 5.91 Å². The van der Waals surface area contributed by atoms with E-state index in [1.807, 2.05) is 35.2 Å². The third-order valence-electron chi connectivity index (χ3n) is 4.40. The fraction of sp³-hybridized carbons (Fsp3) is 0.556. The van der Waals surface area contributed by atoms with Gasteiger partial charge in [-0.2, -0.15) is 5.26 Å². The Kier molecular flexibility index (Phi) is 4.24. The maximum atomic E-state index is 12.7. The molecule has 0 radical (unpaired) electrons. The van der Waals surface area contributed by atoms with Gasteiger partial charge < -0.3 is 4.90 Å². The van der Waals surface area contributed by atoms with Crippen molar-refractivity contribution >= 4 is 5.91 Å². The van der Waals surface area contributed by atoms with E-state index >= 15 is 0 Å². The molecule has 2 fully saturated rings. The topological polar surface area (TPSA) is 44.1 Å². The Morgan fingerprint density at radius 1 is 1.14 bits per heavy atom. The number of rotatable bonds is 7. The minimum absolute atomic E-state index is 0.0418. The second-order valence-corrected chi connectivity index (χ2v) is 6.50. The van der Waals surface area contributed by atoms with Gasteiger partial charge in [0.1, 0.15) is 5.92 Å². The monoisotopic (exact) mass is 282 g/mol. The average molecular weight is 282 g/mol. The van der Waals surface area contributed by atoms with Crippen molar-refractivity contribution in [1.29, 1.82) is 5.26 Å². The van der Waals surface area contributed by atoms with Crippen LogP contribution in [0.25, 0.3) is 0 Å². The molecule has 0 saturated heterocycles. The molecule has 2 saturated carbocycles. The minimum Gasteiger partial charge on any atom is -0.341 e. The van der Waals surface area contributed by atoms with Crippen molar-refractivity contribution in [3.8, 4) is 6.07 Å². The van der Waals surface area contributed by atoms with E-state index in [2.05, 4.69) is 6.07 Å². The third kappa shape index (κ3) is 4.07. The Hall–Kier alpha value is -1.82. The lowest BCUT2D eigenvalue weighted by Crippen LogP contribution is -2.39. The van der Waals surface area contributed by atoms with Crippen LogP contribution in [0, 0.1) is 29.1 Å². The predicted molar refractivity (Wildman–Crippen MR) is 81.3 cm³/mol. The summed E-state index contributed by atoms with van der Waals surface area (Å²) in [6, 6.07) is 12.1. The van der Waals surface area contributed by atoms with Crippen molar-refractivity contribution in [3.05, 3.63) is 35.9 Å². The molecule has 0 aliphatic heterocycles. The second kappa shape index (κ2) is 6.30. The fourth-order valence-corrected chi connectivity index (χ4v) is 2.74. The molecular weight excluding hydrogens is 260 g/mol. The van der Waals surface area contributed by atoms with Gasteiger partial charge in [0, 0.05) is 13.1 Å². The highest BCUT2D eigenvalue weighted by atomic mass is 16.2. The molecule has 1 aromatic rings. The summed E-state index contributed by atoms with van der Waals surface area (Å²) in [5, 5.41) is 9.41. The summed E-state index contributed by atoms with van der Waals surface area (Å²) in [5.41, 5.74) is 1.06. The first-order valence-corrected chi connectivity index (χ1v) is 7.98. The number of carbonyl (C=O) groups excluding carboxylic acids is 1. The van der Waals surface area contributed by atoms with E-state index in [9.17, 15) is 10.1 Å². The van der Waals surface area contributed by atoms with Crippen molar-refractivity contribution in [3.63, 3.8) is 0 Å². The summed E-state index contributed by atoms with van der Waals surface area (Å²) in [7, 11) is 0. The number of nitrogens with zero attached hydrogens (tertiary/aromatic N) is 2. The Bertz CT molecular complexity index is 512. The van der Waals surface area contributed by atoms with Crippen LogP contribution >= 0.6 is 0 Å². The number of hydrogen-bond acceptors (Lipinski definition) is 2. The van der Waals surface area contributed by atoms with Gasteiger partial charge in [-0.3, -0.25) is 4.79 Å². The van der Waals surface area contributed by atoms with E-state index in [1.54, 1.807) is 0 Å². The largest absolute Gasteiger partial charge is 0.341 e. The summed E-state index contributed by atoms with van der Waals surface area (Å²) in [5.74, 6) is 0.873. The van der Waals surface area contributed by atoms with Crippen LogP contribution in [0.4, 0.5) is 0 Å². The zero-order chi connectivity index (χ0) is 14.7. The molecule has 0 N–H and O–H groups in total. The van der Waals surface area contributed by atoms with Crippen LogP contribution in [0.3, 0.4) is 0 Å². The normalized spacial score (nSPS) is 18.8. The van der Waals surface area contributed by atoms with Crippen molar-refractivity contribution in [2.24, 2.45) is 17.8 Å². The Morgan fingerprint density at radius 3 is 2.19 bits per heavy atom. The molecule has 2 aliphatic carbocycles. The van der Waals surface area contributed by atoms with Gasteiger partial charge in [-0.05, 0) is 49.5 Å². The molecule has 0 spiro atoms. The van der Waals surface area contributed by atoms with E-state index in [1.165, 1.54) is 25.7 Å². The van der Waals surface area contributed by atoms with Gasteiger partial charge >= 0.3 is 0 Å². The molecule has 1 unspecified atom stereocenters. The van der Waals surface area contributed by atoms with Gasteiger partial charge in [0.15, 0.2) is 0 Å². The molecular formula is C18H22N2O. The first-order chi connectivity index (χ1) is 10.3. The van der Waals surface area contributed by atoms with Crippen LogP contribution in [0.2, 0.25) is 0 Å². The highest BCUT2D eigenvalue weighted by molar-refractivity contribution is 5.81. The van der Waals surface area contributed by atoms with E-state index in [-0.39, 0.29) is 5.91 Å². The lowest BCUT2D eigenvalue weighted by Gasteiger charge is -2.25. The van der Waals surface area contributed by atoms with Crippen LogP contribution in [0.15, 0.2) is 30.3 Å². The van der Waals surface area contributed by atoms with Gasteiger partial charge in [-0.25, -0.2) is 0 Å². The summed E-state index contributed by atoms with van der Waals surface area (Å²) < 4.78 is 0. The molecule has 2 aliphatic rings. The summed E-state index contributed by atoms with van der Waals surface area (Å²) in [6.07, 6.45) is 5.49. The third-order valence-corrected chi connectivity index (χ3v) is 4.40. The van der Waals surface area contributed by atoms with Crippen LogP contribution in [-0.4, -0.2) is 23.9 Å². The molecule has 1 amide bonds. The highest BCUT2D eigenvalue weighted by Gasteiger charge is 2.34. The number of carbonyl (C=O) groups is 1. The predicted octanol–water partition coefficient (Wildman–Crippen LogP) is 3.02. The molecule has 21 heavy (non-hydrogen) atoms. The molecule has 3 heteroatoms. The van der Waals surface area contributed by atoms with Crippen molar-refractivity contribution in [2.45, 2.75) is 32.1 Å². The number of hydrogen-bond donors (Lipinski definition) is 0. The van der Waals surface area contributed by atoms with E-state index in [4.69, 9.17) is 0 Å². The minimum atomic E-state index is -0.537. The summed E-state index contributed by atoms with van der Waals surface area (Å²) in [4.78, 5) is 14.7. The summed E-state index contributed by atoms with van der Waals surface area (Å²) >= 11 is 0. The van der Waals surface area contributed by atoms with Gasteiger partial charge in [0.25, 0.3) is 0 Å². The average Bonchev–Trinajstić information content (AvgIpc) is 3.40. The number of benzene rings is 1. The highest BCUT2D eigenvalue weighted by Crippen LogP contribution is 2.34. The molecule has 0 bridgehead atoms. The maximum absolute atomic E-state index is 12.7. The first-order valence-electron chi connectivity index (χ1n) is 7.98. The lowest BCUT2D eigenvalue weighted by atomic mass is 9.99. The smallest absolute Gasteiger partial charge is 0.240 e. The molecule has 110 valence electrons. The van der Waals surface area contributed by atoms with Crippen molar-refractivity contribution in [2.75, 3.05) is 13.1 Å². The van der Waals surface area contributed by atoms with Crippen molar-refractivity contribution < 1.29 is 4.79 Å². The number of nitriles is 1. The molecule has 3 rings (SSSR count). The second-order valence-electron chi connectivity index (χ2n) is 6.50. The van der Waals surface area contributed by atoms with Crippen LogP contribution in [0.5, 0.6) is 0 Å². The van der Waals surface area contributed by atoms with E-state index in [0.717, 1.165) is 18.7 Å². The molecule has 0 heterocycles. The van der Waals surface area contributed by atoms with Crippen LogP contribution < -0.4 is 0 Å². The standard InChI is InChI=1S/C18H22N2O/c19-11-17(10-14-4-2-1-3-5-14)18(21)20(12-15-6-7-15)13-16-8-9-16/h1-5,15-17H,6-10,12-13H2. The van der Waals surface area contributed by atoms with E-state index in [0.29, 0.717) is 18.3 Å². The Balaban J connectivity index is 1.64. The van der Waals surface area contributed by atoms with Gasteiger partial charge in [-0.15, -0.1) is 0 Å². The fourth-order valence-electron chi connectivity index (χ4n) is 2.74. The SMILES string of the molecule is N#CC(Cc1ccccc1)C(=O)N(CC1CC1)CC1CC1. The van der Waals surface area contributed by atoms with E-state index < -0.39 is 5.92 Å². The molecule has 1 atom stereocenters. The first kappa shape index (κ1) is 14.1. The molecule has 1 aromatic carbocycles. The Morgan fingerprint density at radius 2 is 1.71 bits per heavy atom. The van der Waals surface area contributed by atoms with Gasteiger partial charge in [0.05, 0.1) is 6.07 Å². The molecule has 3 nitrogen and oxygen atoms in total. The van der Waals surface area contributed by atoms with Crippen LogP contribution in [-0.2, 0) is 11.2 Å². The van der Waals surface area contributed by atoms with Gasteiger partial charge in [-0.1, -0.05) is 30.3 Å².